The van der Waals surface area contributed by atoms with Gasteiger partial charge in [0.15, 0.2) is 17.1 Å². The number of carboxylic acids is 1. The van der Waals surface area contributed by atoms with E-state index in [1.54, 1.807) is 96.1 Å². The molecule has 15 rings (SSSR count). The molecule has 143 heavy (non-hydrogen) atoms. The van der Waals surface area contributed by atoms with Crippen molar-refractivity contribution in [1.29, 1.82) is 0 Å². The van der Waals surface area contributed by atoms with Gasteiger partial charge < -0.3 is 71.9 Å². The summed E-state index contributed by atoms with van der Waals surface area (Å²) in [6.45, 7) is 32.5. The van der Waals surface area contributed by atoms with Gasteiger partial charge in [-0.1, -0.05) is 121 Å². The monoisotopic (exact) mass is 2000 g/mol. The van der Waals surface area contributed by atoms with Gasteiger partial charge in [0.25, 0.3) is 11.8 Å². The van der Waals surface area contributed by atoms with E-state index in [0.29, 0.717) is 119 Å². The van der Waals surface area contributed by atoms with E-state index < -0.39 is 207 Å². The van der Waals surface area contributed by atoms with Gasteiger partial charge in [-0.15, -0.1) is 0 Å². The number of benzene rings is 3. The Labute approximate surface area is 832 Å². The fraction of sp³-hybridized carbons (Fsp3) is 0.673. The molecule has 0 spiro atoms. The summed E-state index contributed by atoms with van der Waals surface area (Å²) < 4.78 is 160. The standard InChI is InChI=1S/C37H51F2N3O7.C37H49F2N3O7.C33H43F2N3O7/c2*1-9-12-23-28-20-42(30(23)34(45)49-36(5,6)7)33(44)24(35(2,3)4)19-29(43)47-27-17-21(27)13-10-11-16-37(38,39)31-32(48-28)41-26-18-22(46-8)14-15-25(26)40-31;1-6-9-20-25-17-38(27(20)31(41)42)30(40)21(32(2,3)4)16-26(39)44-24-14-18(24)10-7-8-13-33(34,35)28-29(45-25)37-23-15-19(43-5)11-12-22(23)36-28/h14-15,18,21,23-24,27-28,30H,9-13,16-17,19-20H2,1-8H3;11,14-16,18,21,23-24,27-28,30H,9-10,12-13,17,19-20H2,1-8H3;11-12,15,18,20-21,24-25,27H,6-10,13-14,16-17H2,1-5H3,(H,41,42)/b;16-11+;/t2*21-,23-,24-,27-,28+,30+;18-,20-,21-,24-,25+,27+/m111/s1. The summed E-state index contributed by atoms with van der Waals surface area (Å²) in [6.07, 6.45) is 5.70. The fourth-order valence-corrected chi connectivity index (χ4v) is 20.6. The van der Waals surface area contributed by atoms with E-state index in [1.807, 2.05) is 83.1 Å². The van der Waals surface area contributed by atoms with Gasteiger partial charge in [-0.05, 0) is 195 Å². The molecule has 6 fully saturated rings. The van der Waals surface area contributed by atoms with Crippen molar-refractivity contribution < 1.29 is 127 Å². The molecule has 3 aliphatic carbocycles. The molecule has 36 heteroatoms. The second-order valence-corrected chi connectivity index (χ2v) is 45.2. The van der Waals surface area contributed by atoms with Crippen LogP contribution in [0.4, 0.5) is 26.3 Å². The van der Waals surface area contributed by atoms with Crippen molar-refractivity contribution in [3.63, 3.8) is 0 Å². The Morgan fingerprint density at radius 3 is 1.02 bits per heavy atom. The first-order valence-corrected chi connectivity index (χ1v) is 50.6. The van der Waals surface area contributed by atoms with Crippen LogP contribution >= 0.6 is 0 Å². The number of methoxy groups -OCH3 is 3. The predicted octanol–water partition coefficient (Wildman–Crippen LogP) is 19.5. The van der Waals surface area contributed by atoms with Gasteiger partial charge in [0.2, 0.25) is 35.4 Å². The van der Waals surface area contributed by atoms with E-state index >= 15 is 26.3 Å². The quantitative estimate of drug-likeness (QED) is 0.0514. The number of carbonyl (C=O) groups is 9. The molecule has 6 aliphatic heterocycles. The lowest BCUT2D eigenvalue weighted by molar-refractivity contribution is -0.167. The second-order valence-electron chi connectivity index (χ2n) is 45.2. The highest BCUT2D eigenvalue weighted by atomic mass is 19.3. The Morgan fingerprint density at radius 2 is 0.713 bits per heavy atom. The summed E-state index contributed by atoms with van der Waals surface area (Å²) in [5, 5.41) is 10.4. The zero-order chi connectivity index (χ0) is 104. The highest BCUT2D eigenvalue weighted by Gasteiger charge is 2.59. The minimum Gasteiger partial charge on any atom is -0.497 e. The number of rotatable bonds is 12. The van der Waals surface area contributed by atoms with Crippen molar-refractivity contribution in [1.82, 2.24) is 44.6 Å². The SMILES string of the molecule is CCC[C@@H]1[C@@H]2CN(C(=O)[C@H](C(C)(C)C)CC(=O)O[C@@H]3C[C@H]3CC/C=C/C(F)(F)c3nc4ccc(OC)cc4nc3O2)[C@@H]1C(=O)OC(C)(C)C.CCC[C@@H]1[C@@H]2CN(C(=O)[C@H](C(C)(C)C)CC(=O)O[C@@H]3C[C@H]3CCCCC(F)(F)c3nc4ccc(OC)cc4nc3O2)[C@@H]1C(=O)O.CCC[C@@H]1[C@@H]2CN(C(=O)[C@H](C(C)(C)C)CC(=O)O[C@@H]3C[C@H]3CCCCC(F)(F)c3nc4ccc(OC)cc4nc3O2)[C@@H]1C(=O)OC(C)(C)C. The lowest BCUT2D eigenvalue weighted by atomic mass is 9.77. The molecule has 3 saturated heterocycles. The normalized spacial score (nSPS) is 28.5. The minimum absolute atomic E-state index is 0.0462. The Bertz CT molecular complexity index is 5670. The van der Waals surface area contributed by atoms with Crippen LogP contribution < -0.4 is 28.4 Å². The maximum atomic E-state index is 16.2. The molecule has 0 radical (unpaired) electrons. The number of carboxylic acid groups (broad SMARTS) is 1. The lowest BCUT2D eigenvalue weighted by Crippen LogP contribution is -2.50. The molecule has 3 saturated carbocycles. The second kappa shape index (κ2) is 43.7. The molecular weight excluding hydrogens is 1860 g/mol. The molecular formula is C107H143F6N9O21. The number of ether oxygens (including phenoxy) is 11. The molecule has 0 unspecified atom stereocenters. The number of fused-ring (bicyclic) bond motifs is 15. The molecule has 784 valence electrons. The van der Waals surface area contributed by atoms with E-state index in [-0.39, 0.29) is 127 Å². The number of halogens is 6. The van der Waals surface area contributed by atoms with Gasteiger partial charge in [-0.25, -0.2) is 44.3 Å². The van der Waals surface area contributed by atoms with Crippen LogP contribution in [0.3, 0.4) is 0 Å². The number of esters is 5. The van der Waals surface area contributed by atoms with Crippen molar-refractivity contribution in [2.24, 2.45) is 69.5 Å². The molecule has 30 nitrogen and oxygen atoms in total. The molecule has 1 N–H and O–H groups in total. The van der Waals surface area contributed by atoms with Gasteiger partial charge in [-0.2, -0.15) is 26.3 Å². The smallest absolute Gasteiger partial charge is 0.329 e. The van der Waals surface area contributed by atoms with Crippen LogP contribution in [-0.2, 0) is 84.6 Å². The maximum absolute atomic E-state index is 16.2. The highest BCUT2D eigenvalue weighted by molar-refractivity contribution is 5.92. The van der Waals surface area contributed by atoms with E-state index in [9.17, 15) is 48.3 Å². The Balaban J connectivity index is 0.000000180. The average molecular weight is 2010 g/mol. The molecule has 18 atom stereocenters. The first-order valence-electron chi connectivity index (χ1n) is 50.6. The summed E-state index contributed by atoms with van der Waals surface area (Å²) in [6, 6.07) is 10.9. The van der Waals surface area contributed by atoms with Crippen LogP contribution in [0, 0.1) is 69.5 Å². The molecule has 9 heterocycles. The molecule has 3 amide bonds. The Kier molecular flexibility index (Phi) is 33.4. The summed E-state index contributed by atoms with van der Waals surface area (Å²) >= 11 is 0. The first-order chi connectivity index (χ1) is 67.1. The van der Waals surface area contributed by atoms with Crippen LogP contribution in [-0.4, -0.2) is 210 Å². The number of aliphatic carboxylic acids is 1. The molecule has 9 aliphatic rings. The zero-order valence-electron chi connectivity index (χ0n) is 86.3. The van der Waals surface area contributed by atoms with E-state index in [2.05, 4.69) is 29.9 Å². The predicted molar refractivity (Wildman–Crippen MR) is 516 cm³/mol. The maximum Gasteiger partial charge on any atom is 0.329 e. The van der Waals surface area contributed by atoms with Crippen LogP contribution in [0.25, 0.3) is 33.1 Å². The number of alkyl halides is 6. The van der Waals surface area contributed by atoms with Crippen molar-refractivity contribution >= 4 is 86.6 Å². The van der Waals surface area contributed by atoms with Crippen LogP contribution in [0.15, 0.2) is 66.7 Å². The molecule has 6 bridgehead atoms. The summed E-state index contributed by atoms with van der Waals surface area (Å²) in [4.78, 5) is 154. The number of carbonyl (C=O) groups excluding carboxylic acids is 8. The number of amides is 3. The number of nitrogens with zero attached hydrogens (tertiary/aromatic N) is 9. The fourth-order valence-electron chi connectivity index (χ4n) is 20.6. The van der Waals surface area contributed by atoms with Gasteiger partial charge in [0.1, 0.15) is 83.2 Å². The molecule has 3 aromatic carbocycles. The van der Waals surface area contributed by atoms with E-state index in [1.165, 1.54) is 42.1 Å². The number of allylic oxidation sites excluding steroid dienone is 2. The molecule has 3 aromatic heterocycles. The summed E-state index contributed by atoms with van der Waals surface area (Å²) in [7, 11) is 4.47. The van der Waals surface area contributed by atoms with Gasteiger partial charge in [-0.3, -0.25) is 28.8 Å². The van der Waals surface area contributed by atoms with Crippen LogP contribution in [0.1, 0.15) is 283 Å². The van der Waals surface area contributed by atoms with Crippen molar-refractivity contribution in [2.75, 3.05) is 41.0 Å². The Morgan fingerprint density at radius 1 is 0.406 bits per heavy atom. The minimum atomic E-state index is -3.56. The zero-order valence-corrected chi connectivity index (χ0v) is 86.3. The number of hydrogen-bond acceptors (Lipinski definition) is 26. The van der Waals surface area contributed by atoms with Crippen LogP contribution in [0.5, 0.6) is 34.9 Å². The molecule has 6 aromatic rings. The van der Waals surface area contributed by atoms with Crippen molar-refractivity contribution in [3.8, 4) is 34.9 Å². The third-order valence-electron chi connectivity index (χ3n) is 28.6. The van der Waals surface area contributed by atoms with Crippen molar-refractivity contribution in [3.05, 3.63) is 83.8 Å². The Hall–Kier alpha value is -11.0. The van der Waals surface area contributed by atoms with Crippen molar-refractivity contribution in [2.45, 2.75) is 350 Å². The lowest BCUT2D eigenvalue weighted by Gasteiger charge is -2.35. The van der Waals surface area contributed by atoms with Gasteiger partial charge in [0.05, 0.1) is 111 Å². The highest BCUT2D eigenvalue weighted by Crippen LogP contribution is 2.51. The summed E-state index contributed by atoms with van der Waals surface area (Å²) in [5.74, 6) is -19.6. The van der Waals surface area contributed by atoms with E-state index in [0.717, 1.165) is 6.08 Å². The van der Waals surface area contributed by atoms with Crippen LogP contribution in [0.2, 0.25) is 0 Å². The third kappa shape index (κ3) is 26.5. The number of aromatic nitrogens is 6. The van der Waals surface area contributed by atoms with Gasteiger partial charge in [0, 0.05) is 48.8 Å². The van der Waals surface area contributed by atoms with Gasteiger partial charge >= 0.3 is 41.7 Å². The summed E-state index contributed by atoms with van der Waals surface area (Å²) in [5.41, 5.74) is -4.02. The topological polar surface area (TPSA) is 362 Å². The first kappa shape index (κ1) is 109. The third-order valence-corrected chi connectivity index (χ3v) is 28.6. The largest absolute Gasteiger partial charge is 0.497 e. The average Bonchev–Trinajstić information content (AvgIpc) is 1.23. The number of hydrogen-bond donors (Lipinski definition) is 1. The van der Waals surface area contributed by atoms with E-state index in [4.69, 9.17) is 52.1 Å².